The minimum Gasteiger partial charge on any atom is -0.497 e. The summed E-state index contributed by atoms with van der Waals surface area (Å²) in [6, 6.07) is 14.4. The summed E-state index contributed by atoms with van der Waals surface area (Å²) >= 11 is 4.71. The number of benzene rings is 2. The van der Waals surface area contributed by atoms with Gasteiger partial charge < -0.3 is 9.47 Å². The number of rotatable bonds is 5. The number of hydrogen-bond donors (Lipinski definition) is 0. The van der Waals surface area contributed by atoms with Crippen LogP contribution in [0.3, 0.4) is 0 Å². The van der Waals surface area contributed by atoms with Crippen molar-refractivity contribution in [3.63, 3.8) is 0 Å². The Hall–Kier alpha value is -3.30. The molecule has 0 fully saturated rings. The van der Waals surface area contributed by atoms with Gasteiger partial charge in [-0.3, -0.25) is 9.69 Å². The van der Waals surface area contributed by atoms with Crippen molar-refractivity contribution in [2.24, 2.45) is 4.99 Å². The lowest BCUT2D eigenvalue weighted by Gasteiger charge is -2.18. The summed E-state index contributed by atoms with van der Waals surface area (Å²) in [6.07, 6.45) is 1.54. The van der Waals surface area contributed by atoms with Crippen molar-refractivity contribution >= 4 is 61.9 Å². The van der Waals surface area contributed by atoms with Crippen LogP contribution in [-0.4, -0.2) is 29.9 Å². The molecule has 0 N–H and O–H groups in total. The first-order valence-corrected chi connectivity index (χ1v) is 10.8. The van der Waals surface area contributed by atoms with Crippen LogP contribution in [0.15, 0.2) is 69.1 Å². The molecule has 2 aromatic carbocycles. The molecule has 9 heteroatoms. The fourth-order valence-electron chi connectivity index (χ4n) is 2.90. The van der Waals surface area contributed by atoms with Gasteiger partial charge in [0.05, 0.1) is 24.1 Å². The van der Waals surface area contributed by atoms with Crippen molar-refractivity contribution < 1.29 is 19.1 Å². The van der Waals surface area contributed by atoms with E-state index in [2.05, 4.69) is 25.9 Å². The van der Waals surface area contributed by atoms with Crippen LogP contribution < -0.4 is 9.64 Å². The van der Waals surface area contributed by atoms with Gasteiger partial charge in [-0.05, 0) is 58.4 Å². The van der Waals surface area contributed by atoms with Gasteiger partial charge >= 0.3 is 5.97 Å². The lowest BCUT2D eigenvalue weighted by molar-refractivity contribution is -0.130. The van der Waals surface area contributed by atoms with Crippen LogP contribution in [0.5, 0.6) is 5.75 Å². The molecule has 1 amide bonds. The number of ether oxygens (including phenoxy) is 2. The first-order chi connectivity index (χ1) is 15.0. The molecule has 0 unspecified atom stereocenters. The maximum absolute atomic E-state index is 12.3. The first-order valence-electron chi connectivity index (χ1n) is 9.14. The molecule has 0 saturated heterocycles. The SMILES string of the molecule is COc1ccc(N(C(C)=O)c2nc(C=C3N=C(c4ccccc4Br)OC3=O)cs2)cc1. The molecule has 1 aliphatic rings. The van der Waals surface area contributed by atoms with E-state index >= 15 is 0 Å². The molecule has 1 aromatic heterocycles. The van der Waals surface area contributed by atoms with E-state index in [1.54, 1.807) is 48.9 Å². The van der Waals surface area contributed by atoms with Gasteiger partial charge in [0.1, 0.15) is 5.75 Å². The van der Waals surface area contributed by atoms with Crippen molar-refractivity contribution in [3.8, 4) is 5.75 Å². The molecule has 0 aliphatic carbocycles. The maximum atomic E-state index is 12.3. The predicted molar refractivity (Wildman–Crippen MR) is 123 cm³/mol. The second kappa shape index (κ2) is 8.83. The Morgan fingerprint density at radius 2 is 1.94 bits per heavy atom. The van der Waals surface area contributed by atoms with Crippen molar-refractivity contribution in [3.05, 3.63) is 75.3 Å². The van der Waals surface area contributed by atoms with Crippen LogP contribution in [0.1, 0.15) is 18.2 Å². The number of halogens is 1. The molecule has 0 atom stereocenters. The van der Waals surface area contributed by atoms with Gasteiger partial charge in [-0.2, -0.15) is 0 Å². The quantitative estimate of drug-likeness (QED) is 0.368. The normalized spacial score (nSPS) is 14.4. The number of carbonyl (C=O) groups excluding carboxylic acids is 2. The van der Waals surface area contributed by atoms with E-state index in [4.69, 9.17) is 9.47 Å². The summed E-state index contributed by atoms with van der Waals surface area (Å²) < 4.78 is 11.3. The fourth-order valence-corrected chi connectivity index (χ4v) is 4.20. The second-order valence-electron chi connectivity index (χ2n) is 6.42. The van der Waals surface area contributed by atoms with Gasteiger partial charge in [0.2, 0.25) is 11.8 Å². The Kier molecular flexibility index (Phi) is 5.97. The van der Waals surface area contributed by atoms with Crippen LogP contribution >= 0.6 is 27.3 Å². The molecule has 0 radical (unpaired) electrons. The van der Waals surface area contributed by atoms with Gasteiger partial charge in [0, 0.05) is 16.8 Å². The summed E-state index contributed by atoms with van der Waals surface area (Å²) in [6.45, 7) is 1.46. The number of aliphatic imine (C=N–C) groups is 1. The molecule has 31 heavy (non-hydrogen) atoms. The molecule has 3 aromatic rings. The van der Waals surface area contributed by atoms with Gasteiger partial charge in [-0.25, -0.2) is 14.8 Å². The number of hydrogen-bond acceptors (Lipinski definition) is 7. The Labute approximate surface area is 190 Å². The Balaban J connectivity index is 1.63. The smallest absolute Gasteiger partial charge is 0.363 e. The number of nitrogens with zero attached hydrogens (tertiary/aromatic N) is 3. The fraction of sp³-hybridized carbons (Fsp3) is 0.0909. The summed E-state index contributed by atoms with van der Waals surface area (Å²) in [7, 11) is 1.58. The maximum Gasteiger partial charge on any atom is 0.363 e. The van der Waals surface area contributed by atoms with E-state index in [1.807, 2.05) is 18.2 Å². The van der Waals surface area contributed by atoms with Crippen LogP contribution in [0.2, 0.25) is 0 Å². The zero-order valence-corrected chi connectivity index (χ0v) is 18.9. The molecule has 156 valence electrons. The third-order valence-electron chi connectivity index (χ3n) is 4.36. The largest absolute Gasteiger partial charge is 0.497 e. The minimum atomic E-state index is -0.557. The topological polar surface area (TPSA) is 81.1 Å². The van der Waals surface area contributed by atoms with Crippen molar-refractivity contribution in [1.82, 2.24) is 4.98 Å². The van der Waals surface area contributed by atoms with E-state index in [0.717, 1.165) is 4.47 Å². The minimum absolute atomic E-state index is 0.140. The molecule has 0 spiro atoms. The number of cyclic esters (lactones) is 1. The zero-order valence-electron chi connectivity index (χ0n) is 16.5. The standard InChI is InChI=1S/C22H16BrN3O4S/c1-13(27)26(15-7-9-16(29-2)10-8-15)22-24-14(12-31-22)11-19-21(28)30-20(25-19)17-5-3-4-6-18(17)23/h3-12H,1-2H3. The van der Waals surface area contributed by atoms with Crippen molar-refractivity contribution in [1.29, 1.82) is 0 Å². The van der Waals surface area contributed by atoms with Crippen LogP contribution in [0.25, 0.3) is 6.08 Å². The summed E-state index contributed by atoms with van der Waals surface area (Å²) in [5, 5.41) is 2.23. The number of thiazole rings is 1. The average molecular weight is 498 g/mol. The lowest BCUT2D eigenvalue weighted by atomic mass is 10.2. The second-order valence-corrected chi connectivity index (χ2v) is 8.11. The summed E-state index contributed by atoms with van der Waals surface area (Å²) in [5.74, 6) is 0.171. The molecule has 0 saturated carbocycles. The molecular formula is C22H16BrN3O4S. The first kappa shape index (κ1) is 21.0. The molecule has 1 aliphatic heterocycles. The van der Waals surface area contributed by atoms with Crippen LogP contribution in [0.4, 0.5) is 10.8 Å². The number of carbonyl (C=O) groups is 2. The van der Waals surface area contributed by atoms with Gasteiger partial charge in [-0.1, -0.05) is 12.1 Å². The molecular weight excluding hydrogens is 482 g/mol. The zero-order chi connectivity index (χ0) is 22.0. The Bertz CT molecular complexity index is 1220. The molecule has 7 nitrogen and oxygen atoms in total. The number of aromatic nitrogens is 1. The Morgan fingerprint density at radius 3 is 2.61 bits per heavy atom. The van der Waals surface area contributed by atoms with Crippen LogP contribution in [0, 0.1) is 0 Å². The highest BCUT2D eigenvalue weighted by Crippen LogP contribution is 2.31. The average Bonchev–Trinajstić information content (AvgIpc) is 3.36. The van der Waals surface area contributed by atoms with Gasteiger partial charge in [-0.15, -0.1) is 11.3 Å². The highest BCUT2D eigenvalue weighted by Gasteiger charge is 2.26. The number of esters is 1. The third kappa shape index (κ3) is 4.42. The molecule has 0 bridgehead atoms. The lowest BCUT2D eigenvalue weighted by Crippen LogP contribution is -2.22. The Morgan fingerprint density at radius 1 is 1.19 bits per heavy atom. The molecule has 4 rings (SSSR count). The van der Waals surface area contributed by atoms with Crippen LogP contribution in [-0.2, 0) is 14.3 Å². The highest BCUT2D eigenvalue weighted by molar-refractivity contribution is 9.10. The van der Waals surface area contributed by atoms with E-state index in [9.17, 15) is 9.59 Å². The van der Waals surface area contributed by atoms with E-state index in [0.29, 0.717) is 27.8 Å². The third-order valence-corrected chi connectivity index (χ3v) is 5.89. The number of anilines is 2. The van der Waals surface area contributed by atoms with E-state index in [-0.39, 0.29) is 17.5 Å². The number of amides is 1. The van der Waals surface area contributed by atoms with Crippen molar-refractivity contribution in [2.75, 3.05) is 12.0 Å². The highest BCUT2D eigenvalue weighted by atomic mass is 79.9. The van der Waals surface area contributed by atoms with Gasteiger partial charge in [0.15, 0.2) is 10.8 Å². The number of methoxy groups -OCH3 is 1. The van der Waals surface area contributed by atoms with E-state index < -0.39 is 5.97 Å². The van der Waals surface area contributed by atoms with E-state index in [1.165, 1.54) is 23.2 Å². The summed E-state index contributed by atoms with van der Waals surface area (Å²) in [5.41, 5.74) is 1.99. The van der Waals surface area contributed by atoms with Crippen molar-refractivity contribution in [2.45, 2.75) is 6.92 Å². The predicted octanol–water partition coefficient (Wildman–Crippen LogP) is 4.94. The summed E-state index contributed by atoms with van der Waals surface area (Å²) in [4.78, 5) is 34.9. The monoisotopic (exact) mass is 497 g/mol. The molecule has 2 heterocycles. The van der Waals surface area contributed by atoms with Gasteiger partial charge in [0.25, 0.3) is 0 Å².